The van der Waals surface area contributed by atoms with Crippen LogP contribution in [0.1, 0.15) is 66.4 Å². The monoisotopic (exact) mass is 560 g/mol. The minimum Gasteiger partial charge on any atom is -0.494 e. The molecule has 0 saturated carbocycles. The van der Waals surface area contributed by atoms with Gasteiger partial charge in [-0.05, 0) is 58.2 Å². The molecule has 6 nitrogen and oxygen atoms in total. The Bertz CT molecular complexity index is 1330. The molecule has 0 saturated heterocycles. The first-order valence-electron chi connectivity index (χ1n) is 12.4. The van der Waals surface area contributed by atoms with E-state index in [-0.39, 0.29) is 5.88 Å². The molecule has 190 valence electrons. The van der Waals surface area contributed by atoms with Crippen molar-refractivity contribution in [2.24, 2.45) is 5.73 Å². The number of unbranched alkanes of at least 4 members (excludes halogenated alkanes) is 4. The number of carbonyl (C=O) groups is 1. The number of hydrogen-bond donors (Lipinski definition) is 1. The van der Waals surface area contributed by atoms with Gasteiger partial charge in [-0.2, -0.15) is 5.26 Å². The fourth-order valence-corrected chi connectivity index (χ4v) is 4.73. The fourth-order valence-electron chi connectivity index (χ4n) is 4.28. The lowest BCUT2D eigenvalue weighted by Gasteiger charge is -2.27. The maximum absolute atomic E-state index is 12.6. The zero-order valence-electron chi connectivity index (χ0n) is 20.7. The second-order valence-electron chi connectivity index (χ2n) is 8.83. The number of nitrogens with zero attached hydrogens (tertiary/aromatic N) is 1. The van der Waals surface area contributed by atoms with Crippen LogP contribution in [0, 0.1) is 11.3 Å². The highest BCUT2D eigenvalue weighted by molar-refractivity contribution is 9.10. The normalized spacial score (nSPS) is 14.4. The van der Waals surface area contributed by atoms with E-state index >= 15 is 0 Å². The third-order valence-electron chi connectivity index (χ3n) is 6.22. The molecule has 0 fully saturated rings. The Kier molecular flexibility index (Phi) is 8.86. The lowest BCUT2D eigenvalue weighted by Crippen LogP contribution is -2.21. The van der Waals surface area contributed by atoms with E-state index in [1.165, 1.54) is 25.7 Å². The number of allylic oxidation sites excluding steroid dienone is 1. The van der Waals surface area contributed by atoms with Gasteiger partial charge in [0.2, 0.25) is 5.88 Å². The number of halogens is 1. The summed E-state index contributed by atoms with van der Waals surface area (Å²) >= 11 is 3.37. The van der Waals surface area contributed by atoms with Crippen LogP contribution >= 0.6 is 15.9 Å². The molecule has 0 amide bonds. The molecule has 0 spiro atoms. The first kappa shape index (κ1) is 26.3. The number of ether oxygens (including phenoxy) is 3. The van der Waals surface area contributed by atoms with Gasteiger partial charge in [-0.15, -0.1) is 0 Å². The van der Waals surface area contributed by atoms with Gasteiger partial charge in [0.1, 0.15) is 28.9 Å². The highest BCUT2D eigenvalue weighted by Crippen LogP contribution is 2.43. The minimum absolute atomic E-state index is 0.0293. The van der Waals surface area contributed by atoms with E-state index in [4.69, 9.17) is 19.9 Å². The molecular formula is C30H29BrN2O4. The number of nitrogens with two attached hydrogens (primary N) is 1. The van der Waals surface area contributed by atoms with Crippen molar-refractivity contribution >= 4 is 21.9 Å². The van der Waals surface area contributed by atoms with Gasteiger partial charge in [-0.25, -0.2) is 4.79 Å². The molecule has 0 radical (unpaired) electrons. The Labute approximate surface area is 225 Å². The van der Waals surface area contributed by atoms with E-state index < -0.39 is 11.9 Å². The molecule has 0 aliphatic carbocycles. The van der Waals surface area contributed by atoms with Crippen LogP contribution < -0.4 is 19.9 Å². The van der Waals surface area contributed by atoms with Gasteiger partial charge in [-0.3, -0.25) is 0 Å². The molecule has 2 N–H and O–H groups in total. The van der Waals surface area contributed by atoms with Crippen LogP contribution in [0.4, 0.5) is 0 Å². The van der Waals surface area contributed by atoms with Crippen molar-refractivity contribution in [1.29, 1.82) is 5.26 Å². The SMILES string of the molecule is CCCCCCCOc1ccc(C2C(C#N)=C(N)Oc3cc(OC(=O)c4ccccc4Br)ccc32)cc1. The van der Waals surface area contributed by atoms with Gasteiger partial charge >= 0.3 is 5.97 Å². The molecule has 37 heavy (non-hydrogen) atoms. The number of rotatable bonds is 10. The summed E-state index contributed by atoms with van der Waals surface area (Å²) in [4.78, 5) is 12.6. The lowest BCUT2D eigenvalue weighted by atomic mass is 9.83. The maximum Gasteiger partial charge on any atom is 0.344 e. The smallest absolute Gasteiger partial charge is 0.344 e. The Morgan fingerprint density at radius 3 is 2.49 bits per heavy atom. The number of nitriles is 1. The molecule has 3 aromatic carbocycles. The van der Waals surface area contributed by atoms with Crippen molar-refractivity contribution in [3.63, 3.8) is 0 Å². The topological polar surface area (TPSA) is 94.6 Å². The van der Waals surface area contributed by atoms with Crippen molar-refractivity contribution < 1.29 is 19.0 Å². The predicted octanol–water partition coefficient (Wildman–Crippen LogP) is 7.24. The van der Waals surface area contributed by atoms with Crippen molar-refractivity contribution in [2.45, 2.75) is 44.9 Å². The molecule has 3 aromatic rings. The van der Waals surface area contributed by atoms with E-state index in [1.54, 1.807) is 36.4 Å². The molecule has 4 rings (SSSR count). The number of esters is 1. The van der Waals surface area contributed by atoms with Gasteiger partial charge in [-0.1, -0.05) is 62.9 Å². The van der Waals surface area contributed by atoms with Crippen LogP contribution in [0.3, 0.4) is 0 Å². The summed E-state index contributed by atoms with van der Waals surface area (Å²) in [5.74, 6) is 0.658. The third-order valence-corrected chi connectivity index (χ3v) is 6.92. The molecule has 1 aliphatic heterocycles. The van der Waals surface area contributed by atoms with E-state index in [9.17, 15) is 10.1 Å². The molecule has 0 bridgehead atoms. The third kappa shape index (κ3) is 6.33. The van der Waals surface area contributed by atoms with Gasteiger partial charge in [0, 0.05) is 16.1 Å². The Hall–Kier alpha value is -3.76. The lowest BCUT2D eigenvalue weighted by molar-refractivity contribution is 0.0733. The van der Waals surface area contributed by atoms with Gasteiger partial charge < -0.3 is 19.9 Å². The van der Waals surface area contributed by atoms with Crippen LogP contribution in [0.15, 0.2) is 82.7 Å². The summed E-state index contributed by atoms with van der Waals surface area (Å²) in [6, 6.07) is 22.1. The highest BCUT2D eigenvalue weighted by atomic mass is 79.9. The predicted molar refractivity (Wildman–Crippen MR) is 146 cm³/mol. The van der Waals surface area contributed by atoms with Crippen LogP contribution in [-0.4, -0.2) is 12.6 Å². The molecular weight excluding hydrogens is 532 g/mol. The van der Waals surface area contributed by atoms with E-state index in [1.807, 2.05) is 30.3 Å². The Balaban J connectivity index is 1.52. The summed E-state index contributed by atoms with van der Waals surface area (Å²) in [5.41, 5.74) is 8.52. The van der Waals surface area contributed by atoms with Gasteiger partial charge in [0.25, 0.3) is 0 Å². The summed E-state index contributed by atoms with van der Waals surface area (Å²) in [6.45, 7) is 2.88. The Morgan fingerprint density at radius 1 is 1.03 bits per heavy atom. The second kappa shape index (κ2) is 12.5. The summed E-state index contributed by atoms with van der Waals surface area (Å²) < 4.78 is 17.9. The summed E-state index contributed by atoms with van der Waals surface area (Å²) in [5, 5.41) is 9.84. The van der Waals surface area contributed by atoms with Crippen LogP contribution in [-0.2, 0) is 0 Å². The van der Waals surface area contributed by atoms with Crippen molar-refractivity contribution in [1.82, 2.24) is 0 Å². The minimum atomic E-state index is -0.498. The number of fused-ring (bicyclic) bond motifs is 1. The van der Waals surface area contributed by atoms with Crippen LogP contribution in [0.2, 0.25) is 0 Å². The molecule has 1 atom stereocenters. The van der Waals surface area contributed by atoms with Gasteiger partial charge in [0.05, 0.1) is 18.1 Å². The van der Waals surface area contributed by atoms with Crippen LogP contribution in [0.5, 0.6) is 17.2 Å². The molecule has 7 heteroatoms. The van der Waals surface area contributed by atoms with E-state index in [2.05, 4.69) is 28.9 Å². The standard InChI is InChI=1S/C30H29BrN2O4/c1-2-3-4-5-8-17-35-21-13-11-20(12-14-21)28-24-16-15-22(18-27(24)37-29(33)25(28)19-32)36-30(34)23-9-6-7-10-26(23)31/h6-7,9-16,18,28H,2-5,8,17,33H2,1H3. The van der Waals surface area contributed by atoms with E-state index in [0.717, 1.165) is 23.3 Å². The molecule has 1 aliphatic rings. The largest absolute Gasteiger partial charge is 0.494 e. The zero-order valence-corrected chi connectivity index (χ0v) is 22.3. The summed E-state index contributed by atoms with van der Waals surface area (Å²) in [6.07, 6.45) is 5.91. The van der Waals surface area contributed by atoms with Gasteiger partial charge in [0.15, 0.2) is 0 Å². The maximum atomic E-state index is 12.6. The summed E-state index contributed by atoms with van der Waals surface area (Å²) in [7, 11) is 0. The van der Waals surface area contributed by atoms with Crippen molar-refractivity contribution in [2.75, 3.05) is 6.61 Å². The first-order valence-corrected chi connectivity index (χ1v) is 13.2. The average molecular weight is 561 g/mol. The molecule has 1 unspecified atom stereocenters. The molecule has 1 heterocycles. The van der Waals surface area contributed by atoms with Crippen molar-refractivity contribution in [3.8, 4) is 23.3 Å². The number of hydrogen-bond acceptors (Lipinski definition) is 6. The number of carbonyl (C=O) groups excluding carboxylic acids is 1. The average Bonchev–Trinajstić information content (AvgIpc) is 2.90. The first-order chi connectivity index (χ1) is 18.0. The molecule has 0 aromatic heterocycles. The zero-order chi connectivity index (χ0) is 26.2. The number of benzene rings is 3. The second-order valence-corrected chi connectivity index (χ2v) is 9.68. The van der Waals surface area contributed by atoms with Crippen LogP contribution in [0.25, 0.3) is 0 Å². The Morgan fingerprint density at radius 2 is 1.76 bits per heavy atom. The quantitative estimate of drug-likeness (QED) is 0.159. The van der Waals surface area contributed by atoms with Crippen molar-refractivity contribution in [3.05, 3.63) is 99.3 Å². The fraction of sp³-hybridized carbons (Fsp3) is 0.267. The highest BCUT2D eigenvalue weighted by Gasteiger charge is 2.31. The van der Waals surface area contributed by atoms with E-state index in [0.29, 0.717) is 33.7 Å².